The highest BCUT2D eigenvalue weighted by Gasteiger charge is 2.12. The summed E-state index contributed by atoms with van der Waals surface area (Å²) in [5, 5.41) is 0. The quantitative estimate of drug-likeness (QED) is 0.494. The molecule has 4 heteroatoms. The Labute approximate surface area is 59.5 Å². The molecule has 0 saturated heterocycles. The third-order valence-corrected chi connectivity index (χ3v) is 1.32. The summed E-state index contributed by atoms with van der Waals surface area (Å²) in [6, 6.07) is 0. The van der Waals surface area contributed by atoms with Crippen molar-refractivity contribution in [2.24, 2.45) is 4.99 Å². The standard InChI is InChI=1S/C6H10N2O2/c1-10-6(9)8-4-2-3-7-5-8/h5H,2-4H2,1H3. The van der Waals surface area contributed by atoms with Crippen LogP contribution < -0.4 is 0 Å². The molecule has 56 valence electrons. The minimum Gasteiger partial charge on any atom is -0.452 e. The van der Waals surface area contributed by atoms with E-state index in [4.69, 9.17) is 0 Å². The van der Waals surface area contributed by atoms with E-state index in [0.29, 0.717) is 0 Å². The second-order valence-corrected chi connectivity index (χ2v) is 2.04. The summed E-state index contributed by atoms with van der Waals surface area (Å²) in [7, 11) is 1.37. The topological polar surface area (TPSA) is 41.9 Å². The van der Waals surface area contributed by atoms with E-state index in [-0.39, 0.29) is 6.09 Å². The predicted octanol–water partition coefficient (Wildman–Crippen LogP) is 0.487. The van der Waals surface area contributed by atoms with Gasteiger partial charge in [-0.2, -0.15) is 0 Å². The highest BCUT2D eigenvalue weighted by atomic mass is 16.5. The second kappa shape index (κ2) is 3.20. The van der Waals surface area contributed by atoms with E-state index < -0.39 is 0 Å². The van der Waals surface area contributed by atoms with Crippen LogP contribution in [0.4, 0.5) is 4.79 Å². The summed E-state index contributed by atoms with van der Waals surface area (Å²) >= 11 is 0. The molecule has 0 saturated carbocycles. The number of hydrogen-bond acceptors (Lipinski definition) is 3. The number of nitrogens with zero attached hydrogens (tertiary/aromatic N) is 2. The Hall–Kier alpha value is -1.06. The number of rotatable bonds is 0. The van der Waals surface area contributed by atoms with E-state index >= 15 is 0 Å². The summed E-state index contributed by atoms with van der Waals surface area (Å²) in [6.07, 6.45) is 2.12. The molecule has 0 spiro atoms. The van der Waals surface area contributed by atoms with Gasteiger partial charge in [0.2, 0.25) is 0 Å². The van der Waals surface area contributed by atoms with Gasteiger partial charge in [-0.15, -0.1) is 0 Å². The first kappa shape index (κ1) is 7.05. The number of aliphatic imine (C=N–C) groups is 1. The van der Waals surface area contributed by atoms with Gasteiger partial charge in [0, 0.05) is 13.1 Å². The molecule has 1 heterocycles. The SMILES string of the molecule is COC(=O)N1C=NCCC1. The molecule has 1 amide bonds. The molecule has 0 fully saturated rings. The summed E-state index contributed by atoms with van der Waals surface area (Å²) in [5.74, 6) is 0. The fourth-order valence-electron chi connectivity index (χ4n) is 0.802. The van der Waals surface area contributed by atoms with Gasteiger partial charge in [0.05, 0.1) is 13.4 Å². The summed E-state index contributed by atoms with van der Waals surface area (Å²) < 4.78 is 4.49. The van der Waals surface area contributed by atoms with Crippen molar-refractivity contribution >= 4 is 12.4 Å². The first-order chi connectivity index (χ1) is 4.84. The van der Waals surface area contributed by atoms with Crippen LogP contribution in [0.25, 0.3) is 0 Å². The van der Waals surface area contributed by atoms with Crippen LogP contribution in [-0.2, 0) is 4.74 Å². The lowest BCUT2D eigenvalue weighted by Gasteiger charge is -2.18. The van der Waals surface area contributed by atoms with E-state index in [2.05, 4.69) is 9.73 Å². The number of hydrogen-bond donors (Lipinski definition) is 0. The maximum absolute atomic E-state index is 10.8. The van der Waals surface area contributed by atoms with E-state index in [0.717, 1.165) is 19.5 Å². The molecule has 10 heavy (non-hydrogen) atoms. The van der Waals surface area contributed by atoms with Crippen molar-refractivity contribution in [1.29, 1.82) is 0 Å². The van der Waals surface area contributed by atoms with E-state index in [1.54, 1.807) is 0 Å². The molecule has 0 aliphatic carbocycles. The lowest BCUT2D eigenvalue weighted by molar-refractivity contribution is 0.146. The first-order valence-corrected chi connectivity index (χ1v) is 3.19. The second-order valence-electron chi connectivity index (χ2n) is 2.04. The van der Waals surface area contributed by atoms with Gasteiger partial charge in [0.1, 0.15) is 0 Å². The predicted molar refractivity (Wildman–Crippen MR) is 37.1 cm³/mol. The number of carbonyl (C=O) groups excluding carboxylic acids is 1. The number of amides is 1. The Morgan fingerprint density at radius 2 is 2.60 bits per heavy atom. The molecular formula is C6H10N2O2. The Morgan fingerprint density at radius 1 is 1.80 bits per heavy atom. The van der Waals surface area contributed by atoms with Crippen LogP contribution >= 0.6 is 0 Å². The van der Waals surface area contributed by atoms with Gasteiger partial charge in [0.15, 0.2) is 0 Å². The molecule has 1 rings (SSSR count). The maximum Gasteiger partial charge on any atom is 0.414 e. The average Bonchev–Trinajstić information content (AvgIpc) is 2.05. The van der Waals surface area contributed by atoms with Crippen molar-refractivity contribution < 1.29 is 9.53 Å². The van der Waals surface area contributed by atoms with Crippen LogP contribution in [0.15, 0.2) is 4.99 Å². The molecule has 0 unspecified atom stereocenters. The molecule has 0 bridgehead atoms. The van der Waals surface area contributed by atoms with E-state index in [1.165, 1.54) is 18.3 Å². The zero-order chi connectivity index (χ0) is 7.40. The minimum absolute atomic E-state index is 0.330. The van der Waals surface area contributed by atoms with Crippen molar-refractivity contribution in [3.8, 4) is 0 Å². The smallest absolute Gasteiger partial charge is 0.414 e. The number of ether oxygens (including phenoxy) is 1. The van der Waals surface area contributed by atoms with Crippen molar-refractivity contribution in [2.75, 3.05) is 20.2 Å². The average molecular weight is 142 g/mol. The van der Waals surface area contributed by atoms with Gasteiger partial charge < -0.3 is 4.74 Å². The Kier molecular flexibility index (Phi) is 2.25. The van der Waals surface area contributed by atoms with Gasteiger partial charge in [-0.25, -0.2) is 4.79 Å². The molecule has 0 N–H and O–H groups in total. The highest BCUT2D eigenvalue weighted by Crippen LogP contribution is 1.97. The normalized spacial score (nSPS) is 17.1. The lowest BCUT2D eigenvalue weighted by Crippen LogP contribution is -2.33. The molecule has 0 aromatic rings. The molecule has 0 aromatic heterocycles. The van der Waals surface area contributed by atoms with Crippen LogP contribution in [0.1, 0.15) is 6.42 Å². The van der Waals surface area contributed by atoms with Crippen molar-refractivity contribution in [1.82, 2.24) is 4.90 Å². The largest absolute Gasteiger partial charge is 0.452 e. The molecule has 1 aliphatic heterocycles. The Morgan fingerprint density at radius 3 is 3.10 bits per heavy atom. The monoisotopic (exact) mass is 142 g/mol. The van der Waals surface area contributed by atoms with Gasteiger partial charge in [-0.1, -0.05) is 0 Å². The van der Waals surface area contributed by atoms with Crippen LogP contribution in [0.3, 0.4) is 0 Å². The van der Waals surface area contributed by atoms with Crippen LogP contribution in [-0.4, -0.2) is 37.5 Å². The van der Waals surface area contributed by atoms with Crippen LogP contribution in [0.5, 0.6) is 0 Å². The Bertz CT molecular complexity index is 156. The van der Waals surface area contributed by atoms with Gasteiger partial charge in [0.25, 0.3) is 0 Å². The maximum atomic E-state index is 10.8. The van der Waals surface area contributed by atoms with Gasteiger partial charge >= 0.3 is 6.09 Å². The van der Waals surface area contributed by atoms with E-state index in [9.17, 15) is 4.79 Å². The van der Waals surface area contributed by atoms with Crippen LogP contribution in [0, 0.1) is 0 Å². The van der Waals surface area contributed by atoms with Gasteiger partial charge in [-0.05, 0) is 6.42 Å². The number of methoxy groups -OCH3 is 1. The van der Waals surface area contributed by atoms with Crippen LogP contribution in [0.2, 0.25) is 0 Å². The van der Waals surface area contributed by atoms with Crippen molar-refractivity contribution in [3.63, 3.8) is 0 Å². The highest BCUT2D eigenvalue weighted by molar-refractivity contribution is 5.82. The minimum atomic E-state index is -0.330. The summed E-state index contributed by atoms with van der Waals surface area (Å²) in [6.45, 7) is 1.53. The molecule has 0 aromatic carbocycles. The first-order valence-electron chi connectivity index (χ1n) is 3.19. The number of carbonyl (C=O) groups is 1. The summed E-state index contributed by atoms with van der Waals surface area (Å²) in [4.78, 5) is 16.2. The zero-order valence-electron chi connectivity index (χ0n) is 5.91. The lowest BCUT2D eigenvalue weighted by atomic mass is 10.4. The third-order valence-electron chi connectivity index (χ3n) is 1.32. The third kappa shape index (κ3) is 1.46. The molecule has 0 radical (unpaired) electrons. The molecule has 1 aliphatic rings. The molecule has 0 atom stereocenters. The fourth-order valence-corrected chi connectivity index (χ4v) is 0.802. The van der Waals surface area contributed by atoms with Crippen molar-refractivity contribution in [2.45, 2.75) is 6.42 Å². The Balaban J connectivity index is 2.46. The molecule has 4 nitrogen and oxygen atoms in total. The van der Waals surface area contributed by atoms with E-state index in [1.807, 2.05) is 0 Å². The summed E-state index contributed by atoms with van der Waals surface area (Å²) in [5.41, 5.74) is 0. The van der Waals surface area contributed by atoms with Crippen molar-refractivity contribution in [3.05, 3.63) is 0 Å². The molecular weight excluding hydrogens is 132 g/mol. The fraction of sp³-hybridized carbons (Fsp3) is 0.667. The van der Waals surface area contributed by atoms with Gasteiger partial charge in [-0.3, -0.25) is 9.89 Å². The zero-order valence-corrected chi connectivity index (χ0v) is 5.91.